The minimum Gasteiger partial charge on any atom is -0.322 e. The summed E-state index contributed by atoms with van der Waals surface area (Å²) in [6.07, 6.45) is 3.07. The first-order chi connectivity index (χ1) is 6.63. The molecule has 0 bridgehead atoms. The maximum Gasteiger partial charge on any atom is 0.248 e. The lowest BCUT2D eigenvalue weighted by Crippen LogP contribution is -2.08. The Morgan fingerprint density at radius 2 is 2.21 bits per heavy atom. The fourth-order valence-electron chi connectivity index (χ4n) is 1.09. The second-order valence-corrected chi connectivity index (χ2v) is 2.95. The Kier molecular flexibility index (Phi) is 3.40. The fourth-order valence-corrected chi connectivity index (χ4v) is 1.09. The van der Waals surface area contributed by atoms with Gasteiger partial charge < -0.3 is 5.32 Å². The van der Waals surface area contributed by atoms with Gasteiger partial charge in [-0.05, 0) is 43.7 Å². The van der Waals surface area contributed by atoms with Crippen molar-refractivity contribution in [3.63, 3.8) is 0 Å². The van der Waals surface area contributed by atoms with Crippen molar-refractivity contribution in [1.29, 1.82) is 0 Å². The van der Waals surface area contributed by atoms with Gasteiger partial charge in [0, 0.05) is 5.69 Å². The standard InChI is InChI=1S/C11H12FNO/c1-3-4-11(14)13-10-6-5-9(12)7-8(10)2/h3-7H,1-2H3,(H,13,14). The smallest absolute Gasteiger partial charge is 0.248 e. The summed E-state index contributed by atoms with van der Waals surface area (Å²) in [6.45, 7) is 3.51. The number of rotatable bonds is 2. The first kappa shape index (κ1) is 10.4. The first-order valence-electron chi connectivity index (χ1n) is 4.33. The monoisotopic (exact) mass is 193 g/mol. The third-order valence-electron chi connectivity index (χ3n) is 1.76. The molecule has 0 aliphatic carbocycles. The maximum atomic E-state index is 12.7. The Bertz CT molecular complexity index is 372. The lowest BCUT2D eigenvalue weighted by Gasteiger charge is -2.05. The van der Waals surface area contributed by atoms with E-state index in [1.165, 1.54) is 18.2 Å². The fraction of sp³-hybridized carbons (Fsp3) is 0.182. The van der Waals surface area contributed by atoms with Gasteiger partial charge >= 0.3 is 0 Å². The van der Waals surface area contributed by atoms with Gasteiger partial charge in [0.2, 0.25) is 5.91 Å². The molecule has 0 atom stereocenters. The number of halogens is 1. The van der Waals surface area contributed by atoms with Crippen LogP contribution < -0.4 is 5.32 Å². The molecular formula is C11H12FNO. The van der Waals surface area contributed by atoms with Crippen LogP contribution in [0.2, 0.25) is 0 Å². The summed E-state index contributed by atoms with van der Waals surface area (Å²) in [5, 5.41) is 2.65. The molecule has 0 heterocycles. The van der Waals surface area contributed by atoms with Crippen molar-refractivity contribution in [2.75, 3.05) is 5.32 Å². The topological polar surface area (TPSA) is 29.1 Å². The van der Waals surface area contributed by atoms with Crippen molar-refractivity contribution >= 4 is 11.6 Å². The second kappa shape index (κ2) is 4.56. The number of allylic oxidation sites excluding steroid dienone is 1. The van der Waals surface area contributed by atoms with Gasteiger partial charge in [-0.1, -0.05) is 6.08 Å². The summed E-state index contributed by atoms with van der Waals surface area (Å²) in [5.74, 6) is -0.506. The highest BCUT2D eigenvalue weighted by Gasteiger charge is 2.01. The zero-order chi connectivity index (χ0) is 10.6. The number of hydrogen-bond acceptors (Lipinski definition) is 1. The van der Waals surface area contributed by atoms with E-state index < -0.39 is 0 Å². The maximum absolute atomic E-state index is 12.7. The van der Waals surface area contributed by atoms with Crippen LogP contribution in [-0.4, -0.2) is 5.91 Å². The van der Waals surface area contributed by atoms with Crippen LogP contribution >= 0.6 is 0 Å². The van der Waals surface area contributed by atoms with Gasteiger partial charge in [0.15, 0.2) is 0 Å². The van der Waals surface area contributed by atoms with Crippen LogP contribution in [0.15, 0.2) is 30.4 Å². The molecular weight excluding hydrogens is 181 g/mol. The van der Waals surface area contributed by atoms with Crippen molar-refractivity contribution < 1.29 is 9.18 Å². The van der Waals surface area contributed by atoms with E-state index >= 15 is 0 Å². The van der Waals surface area contributed by atoms with E-state index in [0.29, 0.717) is 11.3 Å². The predicted octanol–water partition coefficient (Wildman–Crippen LogP) is 2.65. The molecule has 0 saturated carbocycles. The van der Waals surface area contributed by atoms with Crippen molar-refractivity contribution in [2.24, 2.45) is 0 Å². The number of benzene rings is 1. The molecule has 0 spiro atoms. The molecule has 0 aliphatic heterocycles. The largest absolute Gasteiger partial charge is 0.322 e. The van der Waals surface area contributed by atoms with Gasteiger partial charge in [0.1, 0.15) is 5.82 Å². The number of hydrogen-bond donors (Lipinski definition) is 1. The Morgan fingerprint density at radius 3 is 2.79 bits per heavy atom. The van der Waals surface area contributed by atoms with Crippen LogP contribution in [0, 0.1) is 12.7 Å². The Balaban J connectivity index is 2.82. The molecule has 0 fully saturated rings. The summed E-state index contributed by atoms with van der Waals surface area (Å²) in [4.78, 5) is 11.2. The summed E-state index contributed by atoms with van der Waals surface area (Å²) in [7, 11) is 0. The molecule has 14 heavy (non-hydrogen) atoms. The molecule has 3 heteroatoms. The lowest BCUT2D eigenvalue weighted by atomic mass is 10.2. The van der Waals surface area contributed by atoms with E-state index in [9.17, 15) is 9.18 Å². The van der Waals surface area contributed by atoms with E-state index in [4.69, 9.17) is 0 Å². The number of amides is 1. The molecule has 0 radical (unpaired) electrons. The van der Waals surface area contributed by atoms with Crippen LogP contribution in [0.1, 0.15) is 12.5 Å². The summed E-state index contributed by atoms with van der Waals surface area (Å²) < 4.78 is 12.7. The van der Waals surface area contributed by atoms with Gasteiger partial charge in [-0.15, -0.1) is 0 Å². The number of carbonyl (C=O) groups excluding carboxylic acids is 1. The Labute approximate surface area is 82.4 Å². The molecule has 1 N–H and O–H groups in total. The molecule has 0 aliphatic rings. The third kappa shape index (κ3) is 2.69. The van der Waals surface area contributed by atoms with Crippen LogP contribution in [0.4, 0.5) is 10.1 Å². The number of aryl methyl sites for hydroxylation is 1. The molecule has 74 valence electrons. The van der Waals surface area contributed by atoms with E-state index in [1.807, 2.05) is 0 Å². The van der Waals surface area contributed by atoms with Gasteiger partial charge in [-0.2, -0.15) is 0 Å². The van der Waals surface area contributed by atoms with Gasteiger partial charge in [-0.3, -0.25) is 4.79 Å². The highest BCUT2D eigenvalue weighted by molar-refractivity contribution is 5.99. The lowest BCUT2D eigenvalue weighted by molar-refractivity contribution is -0.111. The molecule has 0 unspecified atom stereocenters. The van der Waals surface area contributed by atoms with Crippen molar-refractivity contribution in [3.05, 3.63) is 41.7 Å². The first-order valence-corrected chi connectivity index (χ1v) is 4.33. The van der Waals surface area contributed by atoms with E-state index in [0.717, 1.165) is 0 Å². The number of anilines is 1. The van der Waals surface area contributed by atoms with E-state index in [2.05, 4.69) is 5.32 Å². The number of carbonyl (C=O) groups is 1. The summed E-state index contributed by atoms with van der Waals surface area (Å²) in [5.41, 5.74) is 1.34. The average molecular weight is 193 g/mol. The quantitative estimate of drug-likeness (QED) is 0.719. The van der Waals surface area contributed by atoms with E-state index in [1.54, 1.807) is 26.0 Å². The van der Waals surface area contributed by atoms with Gasteiger partial charge in [0.05, 0.1) is 0 Å². The highest BCUT2D eigenvalue weighted by atomic mass is 19.1. The van der Waals surface area contributed by atoms with Gasteiger partial charge in [0.25, 0.3) is 0 Å². The van der Waals surface area contributed by atoms with Gasteiger partial charge in [-0.25, -0.2) is 4.39 Å². The molecule has 0 saturated heterocycles. The minimum atomic E-state index is -0.300. The second-order valence-electron chi connectivity index (χ2n) is 2.95. The van der Waals surface area contributed by atoms with Crippen LogP contribution in [0.25, 0.3) is 0 Å². The SMILES string of the molecule is CC=CC(=O)Nc1ccc(F)cc1C. The predicted molar refractivity (Wildman–Crippen MR) is 54.6 cm³/mol. The zero-order valence-electron chi connectivity index (χ0n) is 8.17. The van der Waals surface area contributed by atoms with Crippen molar-refractivity contribution in [1.82, 2.24) is 0 Å². The number of nitrogens with one attached hydrogen (secondary N) is 1. The normalized spacial score (nSPS) is 10.5. The third-order valence-corrected chi connectivity index (χ3v) is 1.76. The molecule has 2 nitrogen and oxygen atoms in total. The molecule has 1 aromatic rings. The molecule has 1 amide bonds. The molecule has 1 rings (SSSR count). The van der Waals surface area contributed by atoms with Crippen molar-refractivity contribution in [2.45, 2.75) is 13.8 Å². The average Bonchev–Trinajstić information content (AvgIpc) is 2.10. The van der Waals surface area contributed by atoms with Crippen LogP contribution in [0.5, 0.6) is 0 Å². The summed E-state index contributed by atoms with van der Waals surface area (Å²) >= 11 is 0. The molecule has 1 aromatic carbocycles. The zero-order valence-corrected chi connectivity index (χ0v) is 8.17. The van der Waals surface area contributed by atoms with E-state index in [-0.39, 0.29) is 11.7 Å². The minimum absolute atomic E-state index is 0.206. The van der Waals surface area contributed by atoms with Crippen molar-refractivity contribution in [3.8, 4) is 0 Å². The van der Waals surface area contributed by atoms with Crippen LogP contribution in [0.3, 0.4) is 0 Å². The highest BCUT2D eigenvalue weighted by Crippen LogP contribution is 2.15. The summed E-state index contributed by atoms with van der Waals surface area (Å²) in [6, 6.07) is 4.25. The van der Waals surface area contributed by atoms with Crippen LogP contribution in [-0.2, 0) is 4.79 Å². The molecule has 0 aromatic heterocycles. The Morgan fingerprint density at radius 1 is 1.50 bits per heavy atom. The Hall–Kier alpha value is -1.64.